The van der Waals surface area contributed by atoms with Crippen LogP contribution in [0.15, 0.2) is 16.6 Å². The van der Waals surface area contributed by atoms with Crippen molar-refractivity contribution in [2.75, 3.05) is 26.7 Å². The summed E-state index contributed by atoms with van der Waals surface area (Å²) in [4.78, 5) is 17.7. The highest BCUT2D eigenvalue weighted by Gasteiger charge is 2.25. The van der Waals surface area contributed by atoms with Crippen LogP contribution in [-0.2, 0) is 12.8 Å². The highest BCUT2D eigenvalue weighted by atomic mass is 79.9. The van der Waals surface area contributed by atoms with Crippen LogP contribution in [0.5, 0.6) is 0 Å². The molecule has 5 N–H and O–H groups in total. The van der Waals surface area contributed by atoms with Gasteiger partial charge in [0.25, 0.3) is 5.91 Å². The fourth-order valence-corrected chi connectivity index (χ4v) is 4.56. The van der Waals surface area contributed by atoms with E-state index in [0.717, 1.165) is 60.7 Å². The highest BCUT2D eigenvalue weighted by Crippen LogP contribution is 2.37. The molecule has 0 saturated heterocycles. The molecule has 2 aromatic rings. The molecule has 0 saturated carbocycles. The van der Waals surface area contributed by atoms with E-state index >= 15 is 0 Å². The normalized spacial score (nSPS) is 17.2. The van der Waals surface area contributed by atoms with Gasteiger partial charge in [-0.05, 0) is 75.9 Å². The largest absolute Gasteiger partial charge is 0.366 e. The van der Waals surface area contributed by atoms with E-state index in [1.165, 1.54) is 17.7 Å². The number of rotatable bonds is 7. The lowest BCUT2D eigenvalue weighted by atomic mass is 9.86. The number of carbonyl (C=O) groups is 1. The first kappa shape index (κ1) is 18.4. The van der Waals surface area contributed by atoms with E-state index in [0.29, 0.717) is 11.5 Å². The summed E-state index contributed by atoms with van der Waals surface area (Å²) in [7, 11) is 2.19. The Labute approximate surface area is 157 Å². The molecule has 1 amide bonds. The van der Waals surface area contributed by atoms with Crippen molar-refractivity contribution in [3.63, 3.8) is 0 Å². The van der Waals surface area contributed by atoms with Gasteiger partial charge in [0.15, 0.2) is 0 Å². The third-order valence-electron chi connectivity index (χ3n) is 5.22. The summed E-state index contributed by atoms with van der Waals surface area (Å²) < 4.78 is 1.03. The molecule has 1 aromatic heterocycles. The molecule has 1 aromatic carbocycles. The number of nitrogens with zero attached hydrogens (tertiary/aromatic N) is 1. The number of hydrogen-bond donors (Lipinski definition) is 3. The minimum absolute atomic E-state index is 0.382. The van der Waals surface area contributed by atoms with Gasteiger partial charge in [0.1, 0.15) is 0 Å². The molecule has 1 aliphatic rings. The molecule has 0 aliphatic heterocycles. The Morgan fingerprint density at radius 1 is 1.40 bits per heavy atom. The van der Waals surface area contributed by atoms with E-state index in [2.05, 4.69) is 32.9 Å². The van der Waals surface area contributed by atoms with E-state index in [-0.39, 0.29) is 5.91 Å². The first-order valence-electron chi connectivity index (χ1n) is 9.01. The average molecular weight is 407 g/mol. The molecule has 0 fully saturated rings. The average Bonchev–Trinajstić information content (AvgIpc) is 2.94. The molecule has 0 bridgehead atoms. The Bertz CT molecular complexity index is 770. The number of aromatic nitrogens is 1. The molecule has 136 valence electrons. The van der Waals surface area contributed by atoms with Gasteiger partial charge in [0, 0.05) is 22.1 Å². The fraction of sp³-hybridized carbons (Fsp3) is 0.526. The second-order valence-electron chi connectivity index (χ2n) is 7.16. The van der Waals surface area contributed by atoms with Gasteiger partial charge < -0.3 is 21.4 Å². The summed E-state index contributed by atoms with van der Waals surface area (Å²) in [5, 5.41) is 1.13. The summed E-state index contributed by atoms with van der Waals surface area (Å²) in [5.74, 6) is 0.256. The summed E-state index contributed by atoms with van der Waals surface area (Å²) in [6.45, 7) is 2.97. The lowest BCUT2D eigenvalue weighted by molar-refractivity contribution is 0.100. The summed E-state index contributed by atoms with van der Waals surface area (Å²) in [6, 6.07) is 3.72. The number of carbonyl (C=O) groups excluding carboxylic acids is 1. The van der Waals surface area contributed by atoms with Crippen LogP contribution in [0.4, 0.5) is 0 Å². The Balaban J connectivity index is 1.79. The van der Waals surface area contributed by atoms with Crippen LogP contribution in [-0.4, -0.2) is 42.5 Å². The Hall–Kier alpha value is -1.37. The highest BCUT2D eigenvalue weighted by molar-refractivity contribution is 9.10. The van der Waals surface area contributed by atoms with Gasteiger partial charge >= 0.3 is 0 Å². The number of amides is 1. The second-order valence-corrected chi connectivity index (χ2v) is 8.01. The standard InChI is InChI=1S/C19H27BrN4O/c1-24(9-3-2-8-21)11-12-4-5-13-16(10-12)23-18-14(19(22)25)6-7-15(20)17(13)18/h6-7,12,23H,2-5,8-11,21H2,1H3,(H2,22,25). The lowest BCUT2D eigenvalue weighted by Gasteiger charge is -2.27. The number of H-pyrrole nitrogens is 1. The Morgan fingerprint density at radius 2 is 2.20 bits per heavy atom. The molecule has 1 aliphatic carbocycles. The van der Waals surface area contributed by atoms with Crippen LogP contribution in [0.3, 0.4) is 0 Å². The van der Waals surface area contributed by atoms with Crippen molar-refractivity contribution in [2.45, 2.75) is 32.1 Å². The monoisotopic (exact) mass is 406 g/mol. The van der Waals surface area contributed by atoms with Crippen molar-refractivity contribution in [3.05, 3.63) is 33.4 Å². The SMILES string of the molecule is CN(CCCCN)CC1CCc2c([nH]c3c(C(N)=O)ccc(Br)c23)C1. The zero-order valence-electron chi connectivity index (χ0n) is 14.8. The molecule has 3 rings (SSSR count). The number of fused-ring (bicyclic) bond motifs is 3. The van der Waals surface area contributed by atoms with Crippen LogP contribution < -0.4 is 11.5 Å². The molecular formula is C19H27BrN4O. The fourth-order valence-electron chi connectivity index (χ4n) is 3.99. The number of nitrogens with two attached hydrogens (primary N) is 2. The summed E-state index contributed by atoms with van der Waals surface area (Å²) in [5.41, 5.74) is 15.2. The van der Waals surface area contributed by atoms with Gasteiger partial charge in [-0.2, -0.15) is 0 Å². The van der Waals surface area contributed by atoms with Crippen LogP contribution in [0.1, 0.15) is 40.9 Å². The van der Waals surface area contributed by atoms with Crippen molar-refractivity contribution in [1.82, 2.24) is 9.88 Å². The number of halogens is 1. The van der Waals surface area contributed by atoms with Gasteiger partial charge in [-0.25, -0.2) is 0 Å². The maximum atomic E-state index is 11.7. The number of benzene rings is 1. The van der Waals surface area contributed by atoms with E-state index in [4.69, 9.17) is 11.5 Å². The molecule has 6 heteroatoms. The van der Waals surface area contributed by atoms with E-state index < -0.39 is 0 Å². The molecule has 5 nitrogen and oxygen atoms in total. The van der Waals surface area contributed by atoms with Crippen molar-refractivity contribution < 1.29 is 4.79 Å². The predicted octanol–water partition coefficient (Wildman–Crippen LogP) is 2.80. The molecule has 25 heavy (non-hydrogen) atoms. The molecule has 1 atom stereocenters. The number of hydrogen-bond acceptors (Lipinski definition) is 3. The zero-order chi connectivity index (χ0) is 18.0. The second kappa shape index (κ2) is 7.89. The minimum atomic E-state index is -0.382. The quantitative estimate of drug-likeness (QED) is 0.617. The predicted molar refractivity (Wildman–Crippen MR) is 106 cm³/mol. The summed E-state index contributed by atoms with van der Waals surface area (Å²) >= 11 is 3.64. The number of primary amides is 1. The zero-order valence-corrected chi connectivity index (χ0v) is 16.4. The Kier molecular flexibility index (Phi) is 5.81. The number of nitrogens with one attached hydrogen (secondary N) is 1. The van der Waals surface area contributed by atoms with Gasteiger partial charge in [-0.1, -0.05) is 15.9 Å². The molecule has 0 spiro atoms. The topological polar surface area (TPSA) is 88.1 Å². The van der Waals surface area contributed by atoms with Gasteiger partial charge in [0.2, 0.25) is 0 Å². The van der Waals surface area contributed by atoms with Crippen LogP contribution in [0, 0.1) is 5.92 Å². The number of aryl methyl sites for hydroxylation is 1. The van der Waals surface area contributed by atoms with Crippen molar-refractivity contribution in [2.24, 2.45) is 17.4 Å². The molecule has 1 heterocycles. The maximum Gasteiger partial charge on any atom is 0.250 e. The number of unbranched alkanes of at least 4 members (excludes halogenated alkanes) is 1. The van der Waals surface area contributed by atoms with Crippen LogP contribution in [0.25, 0.3) is 10.9 Å². The molecule has 0 radical (unpaired) electrons. The van der Waals surface area contributed by atoms with E-state index in [1.54, 1.807) is 6.07 Å². The number of aromatic amines is 1. The maximum absolute atomic E-state index is 11.7. The van der Waals surface area contributed by atoms with Crippen molar-refractivity contribution in [3.8, 4) is 0 Å². The van der Waals surface area contributed by atoms with E-state index in [9.17, 15) is 4.79 Å². The Morgan fingerprint density at radius 3 is 2.92 bits per heavy atom. The van der Waals surface area contributed by atoms with Crippen LogP contribution in [0.2, 0.25) is 0 Å². The van der Waals surface area contributed by atoms with Crippen molar-refractivity contribution >= 4 is 32.7 Å². The first-order chi connectivity index (χ1) is 12.0. The van der Waals surface area contributed by atoms with Crippen molar-refractivity contribution in [1.29, 1.82) is 0 Å². The van der Waals surface area contributed by atoms with Gasteiger partial charge in [-0.3, -0.25) is 4.79 Å². The lowest BCUT2D eigenvalue weighted by Crippen LogP contribution is -2.30. The summed E-state index contributed by atoms with van der Waals surface area (Å²) in [6.07, 6.45) is 5.49. The molecular weight excluding hydrogens is 380 g/mol. The van der Waals surface area contributed by atoms with Gasteiger partial charge in [-0.15, -0.1) is 0 Å². The van der Waals surface area contributed by atoms with Crippen LogP contribution >= 0.6 is 15.9 Å². The third-order valence-corrected chi connectivity index (χ3v) is 5.88. The van der Waals surface area contributed by atoms with E-state index in [1.807, 2.05) is 6.07 Å². The molecule has 1 unspecified atom stereocenters. The third kappa shape index (κ3) is 3.91. The smallest absolute Gasteiger partial charge is 0.250 e. The minimum Gasteiger partial charge on any atom is -0.366 e. The van der Waals surface area contributed by atoms with Gasteiger partial charge in [0.05, 0.1) is 11.1 Å². The first-order valence-corrected chi connectivity index (χ1v) is 9.81.